The molecule has 1 aromatic heterocycles. The fourth-order valence-electron chi connectivity index (χ4n) is 3.37. The van der Waals surface area contributed by atoms with Crippen LogP contribution < -0.4 is 4.74 Å². The Bertz CT molecular complexity index is 613. The number of hydrogen-bond donors (Lipinski definition) is 2. The number of aromatic nitrogens is 2. The molecule has 2 N–H and O–H groups in total. The van der Waals surface area contributed by atoms with E-state index in [-0.39, 0.29) is 6.61 Å². The van der Waals surface area contributed by atoms with Gasteiger partial charge in [0.05, 0.1) is 24.9 Å². The maximum absolute atomic E-state index is 9.57. The highest BCUT2D eigenvalue weighted by Crippen LogP contribution is 2.31. The van der Waals surface area contributed by atoms with E-state index in [2.05, 4.69) is 33.3 Å². The SMILES string of the molecule is CCOc1ccc(CN2CCCC[C@@H]2c2ccn[nH]2)cc1CO. The van der Waals surface area contributed by atoms with Gasteiger partial charge in [-0.3, -0.25) is 10.00 Å². The predicted molar refractivity (Wildman–Crippen MR) is 89.1 cm³/mol. The van der Waals surface area contributed by atoms with E-state index in [0.717, 1.165) is 30.8 Å². The van der Waals surface area contributed by atoms with Crippen molar-refractivity contribution in [3.8, 4) is 5.75 Å². The molecule has 124 valence electrons. The fourth-order valence-corrected chi connectivity index (χ4v) is 3.37. The Labute approximate surface area is 137 Å². The standard InChI is InChI=1S/C18H25N3O2/c1-2-23-18-7-6-14(11-15(18)13-22)12-21-10-4-3-5-17(21)16-8-9-19-20-16/h6-9,11,17,22H,2-5,10,12-13H2,1H3,(H,19,20)/t17-/m1/s1. The number of hydrogen-bond acceptors (Lipinski definition) is 4. The lowest BCUT2D eigenvalue weighted by molar-refractivity contribution is 0.137. The average Bonchev–Trinajstić information content (AvgIpc) is 3.11. The Morgan fingerprint density at radius 2 is 2.26 bits per heavy atom. The molecule has 5 heteroatoms. The summed E-state index contributed by atoms with van der Waals surface area (Å²) in [5.41, 5.74) is 3.27. The van der Waals surface area contributed by atoms with E-state index < -0.39 is 0 Å². The topological polar surface area (TPSA) is 61.4 Å². The first kappa shape index (κ1) is 16.0. The van der Waals surface area contributed by atoms with Crippen molar-refractivity contribution in [1.82, 2.24) is 15.1 Å². The minimum Gasteiger partial charge on any atom is -0.494 e. The summed E-state index contributed by atoms with van der Waals surface area (Å²) in [6.07, 6.45) is 5.47. The molecular weight excluding hydrogens is 290 g/mol. The smallest absolute Gasteiger partial charge is 0.124 e. The molecule has 0 saturated carbocycles. The lowest BCUT2D eigenvalue weighted by Gasteiger charge is -2.35. The van der Waals surface area contributed by atoms with Crippen LogP contribution in [-0.4, -0.2) is 33.4 Å². The number of aliphatic hydroxyl groups is 1. The molecule has 3 rings (SSSR count). The largest absolute Gasteiger partial charge is 0.494 e. The van der Waals surface area contributed by atoms with E-state index in [0.29, 0.717) is 12.6 Å². The summed E-state index contributed by atoms with van der Waals surface area (Å²) in [6, 6.07) is 8.60. The van der Waals surface area contributed by atoms with E-state index in [1.54, 1.807) is 0 Å². The summed E-state index contributed by atoms with van der Waals surface area (Å²) in [5.74, 6) is 0.780. The van der Waals surface area contributed by atoms with E-state index >= 15 is 0 Å². The van der Waals surface area contributed by atoms with Crippen molar-refractivity contribution in [3.63, 3.8) is 0 Å². The number of rotatable bonds is 6. The first-order valence-corrected chi connectivity index (χ1v) is 8.40. The van der Waals surface area contributed by atoms with E-state index in [9.17, 15) is 5.11 Å². The third-order valence-electron chi connectivity index (χ3n) is 4.48. The molecule has 0 unspecified atom stereocenters. The number of H-pyrrole nitrogens is 1. The molecule has 23 heavy (non-hydrogen) atoms. The Hall–Kier alpha value is -1.85. The molecule has 1 fully saturated rings. The lowest BCUT2D eigenvalue weighted by Crippen LogP contribution is -2.33. The normalized spacial score (nSPS) is 19.0. The van der Waals surface area contributed by atoms with Gasteiger partial charge in [0.2, 0.25) is 0 Å². The monoisotopic (exact) mass is 315 g/mol. The number of aromatic amines is 1. The van der Waals surface area contributed by atoms with Crippen LogP contribution in [0.25, 0.3) is 0 Å². The van der Waals surface area contributed by atoms with Gasteiger partial charge in [0.15, 0.2) is 0 Å². The van der Waals surface area contributed by atoms with Crippen molar-refractivity contribution in [2.75, 3.05) is 13.2 Å². The Kier molecular flexibility index (Phi) is 5.31. The van der Waals surface area contributed by atoms with Crippen LogP contribution in [0.5, 0.6) is 5.75 Å². The van der Waals surface area contributed by atoms with Crippen LogP contribution in [0.4, 0.5) is 0 Å². The van der Waals surface area contributed by atoms with Crippen LogP contribution in [-0.2, 0) is 13.2 Å². The van der Waals surface area contributed by atoms with E-state index in [4.69, 9.17) is 4.74 Å². The maximum Gasteiger partial charge on any atom is 0.124 e. The molecule has 1 atom stereocenters. The molecule has 5 nitrogen and oxygen atoms in total. The van der Waals surface area contributed by atoms with Crippen LogP contribution in [0, 0.1) is 0 Å². The predicted octanol–water partition coefficient (Wildman–Crippen LogP) is 3.03. The minimum absolute atomic E-state index is 0.00709. The molecule has 0 aliphatic carbocycles. The summed E-state index contributed by atoms with van der Waals surface area (Å²) in [7, 11) is 0. The number of benzene rings is 1. The lowest BCUT2D eigenvalue weighted by atomic mass is 9.98. The van der Waals surface area contributed by atoms with Crippen molar-refractivity contribution in [1.29, 1.82) is 0 Å². The van der Waals surface area contributed by atoms with Gasteiger partial charge in [-0.05, 0) is 50.1 Å². The van der Waals surface area contributed by atoms with Crippen LogP contribution in [0.15, 0.2) is 30.5 Å². The molecule has 1 aliphatic rings. The molecule has 1 saturated heterocycles. The van der Waals surface area contributed by atoms with Gasteiger partial charge in [-0.15, -0.1) is 0 Å². The zero-order chi connectivity index (χ0) is 16.1. The third-order valence-corrected chi connectivity index (χ3v) is 4.48. The Morgan fingerprint density at radius 1 is 1.35 bits per heavy atom. The van der Waals surface area contributed by atoms with Crippen molar-refractivity contribution in [3.05, 3.63) is 47.3 Å². The fraction of sp³-hybridized carbons (Fsp3) is 0.500. The second kappa shape index (κ2) is 7.62. The second-order valence-electron chi connectivity index (χ2n) is 6.03. The summed E-state index contributed by atoms with van der Waals surface area (Å²) in [6.45, 7) is 4.54. The number of ether oxygens (including phenoxy) is 1. The molecule has 0 radical (unpaired) electrons. The number of nitrogens with one attached hydrogen (secondary N) is 1. The second-order valence-corrected chi connectivity index (χ2v) is 6.03. The third kappa shape index (κ3) is 3.74. The van der Waals surface area contributed by atoms with Crippen molar-refractivity contribution in [2.45, 2.75) is 45.4 Å². The van der Waals surface area contributed by atoms with E-state index in [1.165, 1.54) is 24.1 Å². The number of nitrogens with zero attached hydrogens (tertiary/aromatic N) is 2. The first-order chi connectivity index (χ1) is 11.3. The van der Waals surface area contributed by atoms with Crippen LogP contribution in [0.1, 0.15) is 49.0 Å². The molecule has 2 aromatic rings. The van der Waals surface area contributed by atoms with Crippen molar-refractivity contribution in [2.24, 2.45) is 0 Å². The van der Waals surface area contributed by atoms with Crippen LogP contribution >= 0.6 is 0 Å². The molecule has 2 heterocycles. The highest BCUT2D eigenvalue weighted by Gasteiger charge is 2.25. The van der Waals surface area contributed by atoms with Gasteiger partial charge < -0.3 is 9.84 Å². The zero-order valence-electron chi connectivity index (χ0n) is 13.7. The van der Waals surface area contributed by atoms with Gasteiger partial charge in [-0.2, -0.15) is 5.10 Å². The molecule has 0 spiro atoms. The summed E-state index contributed by atoms with van der Waals surface area (Å²) in [5, 5.41) is 16.8. The summed E-state index contributed by atoms with van der Waals surface area (Å²) >= 11 is 0. The van der Waals surface area contributed by atoms with Gasteiger partial charge in [-0.25, -0.2) is 0 Å². The molecule has 0 amide bonds. The highest BCUT2D eigenvalue weighted by molar-refractivity contribution is 5.37. The summed E-state index contributed by atoms with van der Waals surface area (Å²) < 4.78 is 5.57. The van der Waals surface area contributed by atoms with Gasteiger partial charge in [0.1, 0.15) is 5.75 Å². The molecule has 1 aliphatic heterocycles. The van der Waals surface area contributed by atoms with Crippen LogP contribution in [0.3, 0.4) is 0 Å². The molecule has 0 bridgehead atoms. The summed E-state index contributed by atoms with van der Waals surface area (Å²) in [4.78, 5) is 2.49. The quantitative estimate of drug-likeness (QED) is 0.860. The average molecular weight is 315 g/mol. The molecule has 1 aromatic carbocycles. The van der Waals surface area contributed by atoms with E-state index in [1.807, 2.05) is 19.2 Å². The van der Waals surface area contributed by atoms with Crippen molar-refractivity contribution >= 4 is 0 Å². The Balaban J connectivity index is 1.76. The Morgan fingerprint density at radius 3 is 3.00 bits per heavy atom. The number of aliphatic hydroxyl groups excluding tert-OH is 1. The minimum atomic E-state index is 0.00709. The van der Waals surface area contributed by atoms with Gasteiger partial charge in [-0.1, -0.05) is 12.5 Å². The number of piperidine rings is 1. The molecular formula is C18H25N3O2. The highest BCUT2D eigenvalue weighted by atomic mass is 16.5. The van der Waals surface area contributed by atoms with Crippen molar-refractivity contribution < 1.29 is 9.84 Å². The first-order valence-electron chi connectivity index (χ1n) is 8.40. The van der Waals surface area contributed by atoms with Gasteiger partial charge in [0, 0.05) is 18.3 Å². The maximum atomic E-state index is 9.57. The number of likely N-dealkylation sites (tertiary alicyclic amines) is 1. The van der Waals surface area contributed by atoms with Crippen LogP contribution in [0.2, 0.25) is 0 Å². The van der Waals surface area contributed by atoms with Gasteiger partial charge in [0.25, 0.3) is 0 Å². The van der Waals surface area contributed by atoms with Gasteiger partial charge >= 0.3 is 0 Å². The zero-order valence-corrected chi connectivity index (χ0v) is 13.7.